The van der Waals surface area contributed by atoms with Crippen molar-refractivity contribution >= 4 is 5.91 Å². The molecule has 84 valence electrons. The van der Waals surface area contributed by atoms with Gasteiger partial charge in [0.2, 0.25) is 5.91 Å². The fourth-order valence-corrected chi connectivity index (χ4v) is 1.32. The minimum atomic E-state index is 0.189. The van der Waals surface area contributed by atoms with Crippen LogP contribution in [-0.4, -0.2) is 29.5 Å². The molecule has 2 rings (SSSR count). The van der Waals surface area contributed by atoms with Crippen molar-refractivity contribution in [3.8, 4) is 11.8 Å². The normalized spacial score (nSPS) is 14.0. The molecule has 1 N–H and O–H groups in total. The van der Waals surface area contributed by atoms with E-state index in [0.717, 1.165) is 19.4 Å². The van der Waals surface area contributed by atoms with Crippen LogP contribution in [0, 0.1) is 11.3 Å². The molecule has 16 heavy (non-hydrogen) atoms. The SMILES string of the molecule is CN1CCCC1=O.N#Cc1ccc(O)cc1. The average Bonchev–Trinajstić information content (AvgIpc) is 2.65. The Morgan fingerprint density at radius 2 is 2.00 bits per heavy atom. The first-order valence-electron chi connectivity index (χ1n) is 5.06. The first-order valence-corrected chi connectivity index (χ1v) is 5.06. The molecule has 1 saturated heterocycles. The van der Waals surface area contributed by atoms with Crippen molar-refractivity contribution in [2.24, 2.45) is 0 Å². The fourth-order valence-electron chi connectivity index (χ4n) is 1.32. The molecule has 0 aromatic heterocycles. The Labute approximate surface area is 94.7 Å². The van der Waals surface area contributed by atoms with Gasteiger partial charge in [-0.25, -0.2) is 0 Å². The second-order valence-corrected chi connectivity index (χ2v) is 3.58. The molecule has 0 aliphatic carbocycles. The van der Waals surface area contributed by atoms with E-state index in [2.05, 4.69) is 0 Å². The summed E-state index contributed by atoms with van der Waals surface area (Å²) >= 11 is 0. The molecule has 4 heteroatoms. The Balaban J connectivity index is 0.000000165. The topological polar surface area (TPSA) is 64.3 Å². The van der Waals surface area contributed by atoms with E-state index in [9.17, 15) is 4.79 Å². The molecule has 1 fully saturated rings. The number of carbonyl (C=O) groups excluding carboxylic acids is 1. The van der Waals surface area contributed by atoms with Crippen LogP contribution in [0.2, 0.25) is 0 Å². The van der Waals surface area contributed by atoms with E-state index in [-0.39, 0.29) is 5.75 Å². The lowest BCUT2D eigenvalue weighted by Gasteiger charge is -2.03. The van der Waals surface area contributed by atoms with Crippen molar-refractivity contribution in [2.45, 2.75) is 12.8 Å². The highest BCUT2D eigenvalue weighted by molar-refractivity contribution is 5.77. The number of phenolic OH excluding ortho intramolecular Hbond substituents is 1. The molecule has 1 amide bonds. The quantitative estimate of drug-likeness (QED) is 0.717. The second-order valence-electron chi connectivity index (χ2n) is 3.58. The zero-order chi connectivity index (χ0) is 12.0. The minimum Gasteiger partial charge on any atom is -0.508 e. The molecule has 0 unspecified atom stereocenters. The van der Waals surface area contributed by atoms with E-state index in [4.69, 9.17) is 10.4 Å². The molecule has 1 aliphatic rings. The molecular formula is C12H14N2O2. The Hall–Kier alpha value is -2.02. The summed E-state index contributed by atoms with van der Waals surface area (Å²) < 4.78 is 0. The van der Waals surface area contributed by atoms with Crippen LogP contribution in [0.25, 0.3) is 0 Å². The Bertz CT molecular complexity index is 392. The summed E-state index contributed by atoms with van der Waals surface area (Å²) in [7, 11) is 1.84. The zero-order valence-corrected chi connectivity index (χ0v) is 9.18. The maximum Gasteiger partial charge on any atom is 0.222 e. The van der Waals surface area contributed by atoms with Crippen LogP contribution in [0.5, 0.6) is 5.75 Å². The summed E-state index contributed by atoms with van der Waals surface area (Å²) in [5.41, 5.74) is 0.563. The van der Waals surface area contributed by atoms with Crippen LogP contribution in [0.1, 0.15) is 18.4 Å². The molecule has 0 saturated carbocycles. The largest absolute Gasteiger partial charge is 0.508 e. The lowest BCUT2D eigenvalue weighted by atomic mass is 10.2. The Morgan fingerprint density at radius 3 is 2.31 bits per heavy atom. The van der Waals surface area contributed by atoms with Crippen LogP contribution in [0.3, 0.4) is 0 Å². The number of aromatic hydroxyl groups is 1. The van der Waals surface area contributed by atoms with Crippen molar-refractivity contribution in [3.05, 3.63) is 29.8 Å². The van der Waals surface area contributed by atoms with Gasteiger partial charge in [-0.2, -0.15) is 5.26 Å². The molecular weight excluding hydrogens is 204 g/mol. The molecule has 1 aliphatic heterocycles. The molecule has 1 aromatic rings. The maximum atomic E-state index is 10.5. The lowest BCUT2D eigenvalue weighted by Crippen LogP contribution is -2.17. The van der Waals surface area contributed by atoms with Gasteiger partial charge in [-0.15, -0.1) is 0 Å². The van der Waals surface area contributed by atoms with Crippen molar-refractivity contribution in [3.63, 3.8) is 0 Å². The van der Waals surface area contributed by atoms with Gasteiger partial charge in [0.1, 0.15) is 5.75 Å². The molecule has 0 spiro atoms. The first kappa shape index (κ1) is 12.1. The van der Waals surface area contributed by atoms with E-state index in [0.29, 0.717) is 11.5 Å². The third-order valence-corrected chi connectivity index (χ3v) is 2.31. The summed E-state index contributed by atoms with van der Waals surface area (Å²) in [4.78, 5) is 12.3. The highest BCUT2D eigenvalue weighted by Gasteiger charge is 2.14. The van der Waals surface area contributed by atoms with Gasteiger partial charge in [0.25, 0.3) is 0 Å². The number of carbonyl (C=O) groups is 1. The first-order chi connectivity index (χ1) is 7.63. The van der Waals surface area contributed by atoms with Gasteiger partial charge in [0, 0.05) is 20.0 Å². The summed E-state index contributed by atoms with van der Waals surface area (Å²) in [6.07, 6.45) is 1.81. The summed E-state index contributed by atoms with van der Waals surface area (Å²) in [6.45, 7) is 0.957. The summed E-state index contributed by atoms with van der Waals surface area (Å²) in [5.74, 6) is 0.481. The third kappa shape index (κ3) is 3.62. The molecule has 0 radical (unpaired) electrons. The van der Waals surface area contributed by atoms with E-state index in [1.54, 1.807) is 17.0 Å². The van der Waals surface area contributed by atoms with E-state index in [1.165, 1.54) is 12.1 Å². The summed E-state index contributed by atoms with van der Waals surface area (Å²) in [6, 6.07) is 8.04. The summed E-state index contributed by atoms with van der Waals surface area (Å²) in [5, 5.41) is 17.0. The van der Waals surface area contributed by atoms with Gasteiger partial charge in [0.15, 0.2) is 0 Å². The standard InChI is InChI=1S/C7H5NO.C5H9NO/c8-5-6-1-3-7(9)4-2-6;1-6-4-2-3-5(6)7/h1-4,9H;2-4H2,1H3. The van der Waals surface area contributed by atoms with Gasteiger partial charge in [0.05, 0.1) is 11.6 Å². The number of benzene rings is 1. The Morgan fingerprint density at radius 1 is 1.38 bits per heavy atom. The number of phenols is 1. The number of likely N-dealkylation sites (tertiary alicyclic amines) is 1. The van der Waals surface area contributed by atoms with Crippen LogP contribution < -0.4 is 0 Å². The van der Waals surface area contributed by atoms with Gasteiger partial charge in [-0.1, -0.05) is 0 Å². The molecule has 1 heterocycles. The third-order valence-electron chi connectivity index (χ3n) is 2.31. The number of rotatable bonds is 0. The van der Waals surface area contributed by atoms with Crippen molar-refractivity contribution < 1.29 is 9.90 Å². The fraction of sp³-hybridized carbons (Fsp3) is 0.333. The van der Waals surface area contributed by atoms with E-state index in [1.807, 2.05) is 13.1 Å². The van der Waals surface area contributed by atoms with Gasteiger partial charge >= 0.3 is 0 Å². The predicted molar refractivity (Wildman–Crippen MR) is 59.7 cm³/mol. The maximum absolute atomic E-state index is 10.5. The van der Waals surface area contributed by atoms with Crippen LogP contribution in [-0.2, 0) is 4.79 Å². The van der Waals surface area contributed by atoms with Crippen molar-refractivity contribution in [1.29, 1.82) is 5.26 Å². The lowest BCUT2D eigenvalue weighted by molar-refractivity contribution is -0.126. The van der Waals surface area contributed by atoms with Crippen molar-refractivity contribution in [1.82, 2.24) is 4.90 Å². The molecule has 0 bridgehead atoms. The average molecular weight is 218 g/mol. The zero-order valence-electron chi connectivity index (χ0n) is 9.18. The highest BCUT2D eigenvalue weighted by Crippen LogP contribution is 2.07. The van der Waals surface area contributed by atoms with Gasteiger partial charge in [-0.3, -0.25) is 4.79 Å². The smallest absolute Gasteiger partial charge is 0.222 e. The van der Waals surface area contributed by atoms with Crippen LogP contribution >= 0.6 is 0 Å². The van der Waals surface area contributed by atoms with E-state index < -0.39 is 0 Å². The van der Waals surface area contributed by atoms with Crippen LogP contribution in [0.4, 0.5) is 0 Å². The molecule has 0 atom stereocenters. The monoisotopic (exact) mass is 218 g/mol. The van der Waals surface area contributed by atoms with Crippen LogP contribution in [0.15, 0.2) is 24.3 Å². The molecule has 1 aromatic carbocycles. The van der Waals surface area contributed by atoms with Gasteiger partial charge < -0.3 is 10.0 Å². The van der Waals surface area contributed by atoms with E-state index >= 15 is 0 Å². The molecule has 4 nitrogen and oxygen atoms in total. The highest BCUT2D eigenvalue weighted by atomic mass is 16.3. The number of hydrogen-bond acceptors (Lipinski definition) is 3. The second kappa shape index (κ2) is 5.76. The van der Waals surface area contributed by atoms with Crippen molar-refractivity contribution in [2.75, 3.05) is 13.6 Å². The number of nitriles is 1. The minimum absolute atomic E-state index is 0.189. The number of nitrogens with zero attached hydrogens (tertiary/aromatic N) is 2. The number of hydrogen-bond donors (Lipinski definition) is 1. The predicted octanol–water partition coefficient (Wildman–Crippen LogP) is 1.50. The number of amides is 1. The van der Waals surface area contributed by atoms with Gasteiger partial charge in [-0.05, 0) is 30.7 Å². The Kier molecular flexibility index (Phi) is 4.34.